The minimum Gasteiger partial charge on any atom is -0.309 e. The van der Waals surface area contributed by atoms with Crippen molar-refractivity contribution in [1.29, 1.82) is 5.26 Å². The van der Waals surface area contributed by atoms with Crippen LogP contribution in [0, 0.1) is 11.3 Å². The summed E-state index contributed by atoms with van der Waals surface area (Å²) in [5.41, 5.74) is 12.9. The molecule has 0 fully saturated rings. The molecule has 4 heteroatoms. The van der Waals surface area contributed by atoms with Crippen LogP contribution in [-0.4, -0.2) is 14.1 Å². The third kappa shape index (κ3) is 4.65. The first-order chi connectivity index (χ1) is 25.8. The smallest absolute Gasteiger partial charge is 0.0998 e. The highest BCUT2D eigenvalue weighted by Crippen LogP contribution is 2.43. The van der Waals surface area contributed by atoms with Crippen molar-refractivity contribution in [3.8, 4) is 51.1 Å². The molecule has 0 unspecified atom stereocenters. The molecular formula is C48H30N4. The number of fused-ring (bicyclic) bond motifs is 7. The molecule has 3 heterocycles. The Kier molecular flexibility index (Phi) is 6.84. The minimum atomic E-state index is 0.611. The Labute approximate surface area is 300 Å². The van der Waals surface area contributed by atoms with Gasteiger partial charge in [-0.1, -0.05) is 121 Å². The van der Waals surface area contributed by atoms with E-state index in [0.717, 1.165) is 67.1 Å². The fourth-order valence-electron chi connectivity index (χ4n) is 7.84. The molecule has 0 amide bonds. The van der Waals surface area contributed by atoms with Gasteiger partial charge in [0.2, 0.25) is 0 Å². The molecular weight excluding hydrogens is 633 g/mol. The van der Waals surface area contributed by atoms with Crippen LogP contribution < -0.4 is 0 Å². The van der Waals surface area contributed by atoms with Crippen molar-refractivity contribution in [2.24, 2.45) is 0 Å². The van der Waals surface area contributed by atoms with Crippen molar-refractivity contribution in [2.75, 3.05) is 0 Å². The molecule has 10 rings (SSSR count). The van der Waals surface area contributed by atoms with Gasteiger partial charge in [-0.3, -0.25) is 0 Å². The van der Waals surface area contributed by atoms with Crippen LogP contribution >= 0.6 is 0 Å². The predicted octanol–water partition coefficient (Wildman–Crippen LogP) is 12.1. The summed E-state index contributed by atoms with van der Waals surface area (Å²) in [6.45, 7) is 0. The predicted molar refractivity (Wildman–Crippen MR) is 214 cm³/mol. The van der Waals surface area contributed by atoms with Crippen LogP contribution in [0.25, 0.3) is 88.6 Å². The lowest BCUT2D eigenvalue weighted by Gasteiger charge is -2.15. The molecule has 0 spiro atoms. The summed E-state index contributed by atoms with van der Waals surface area (Å²) in [5, 5.41) is 15.3. The normalized spacial score (nSPS) is 11.4. The molecule has 0 aliphatic rings. The molecule has 10 aromatic rings. The highest BCUT2D eigenvalue weighted by atomic mass is 15.0. The van der Waals surface area contributed by atoms with Crippen LogP contribution in [0.15, 0.2) is 182 Å². The number of para-hydroxylation sites is 3. The molecule has 242 valence electrons. The van der Waals surface area contributed by atoms with E-state index in [2.05, 4.69) is 155 Å². The monoisotopic (exact) mass is 662 g/mol. The first-order valence-corrected chi connectivity index (χ1v) is 17.5. The van der Waals surface area contributed by atoms with Gasteiger partial charge in [0.25, 0.3) is 0 Å². The van der Waals surface area contributed by atoms with E-state index in [0.29, 0.717) is 5.56 Å². The maximum absolute atomic E-state index is 10.5. The van der Waals surface area contributed by atoms with Crippen LogP contribution in [0.5, 0.6) is 0 Å². The van der Waals surface area contributed by atoms with Gasteiger partial charge in [-0.2, -0.15) is 5.26 Å². The van der Waals surface area contributed by atoms with E-state index >= 15 is 0 Å². The zero-order valence-electron chi connectivity index (χ0n) is 28.1. The third-order valence-corrected chi connectivity index (χ3v) is 10.1. The van der Waals surface area contributed by atoms with E-state index in [1.807, 2.05) is 42.5 Å². The van der Waals surface area contributed by atoms with Crippen molar-refractivity contribution < 1.29 is 0 Å². The van der Waals surface area contributed by atoms with Gasteiger partial charge < -0.3 is 9.13 Å². The molecule has 0 atom stereocenters. The van der Waals surface area contributed by atoms with Crippen LogP contribution in [0.3, 0.4) is 0 Å². The van der Waals surface area contributed by atoms with Gasteiger partial charge in [-0.25, -0.2) is 4.98 Å². The van der Waals surface area contributed by atoms with Gasteiger partial charge in [0.05, 0.1) is 45.1 Å². The van der Waals surface area contributed by atoms with Crippen molar-refractivity contribution in [2.45, 2.75) is 0 Å². The molecule has 4 nitrogen and oxygen atoms in total. The molecule has 52 heavy (non-hydrogen) atoms. The van der Waals surface area contributed by atoms with Gasteiger partial charge in [-0.05, 0) is 66.2 Å². The third-order valence-electron chi connectivity index (χ3n) is 10.1. The lowest BCUT2D eigenvalue weighted by Crippen LogP contribution is -1.98. The number of nitrogens with zero attached hydrogens (tertiary/aromatic N) is 4. The van der Waals surface area contributed by atoms with Crippen LogP contribution in [0.2, 0.25) is 0 Å². The van der Waals surface area contributed by atoms with Gasteiger partial charge >= 0.3 is 0 Å². The summed E-state index contributed by atoms with van der Waals surface area (Å²) in [7, 11) is 0. The van der Waals surface area contributed by atoms with Crippen molar-refractivity contribution >= 4 is 43.6 Å². The largest absolute Gasteiger partial charge is 0.309 e. The zero-order chi connectivity index (χ0) is 34.6. The summed E-state index contributed by atoms with van der Waals surface area (Å²) in [6, 6.07) is 65.8. The molecule has 0 aliphatic heterocycles. The number of pyridine rings is 1. The van der Waals surface area contributed by atoms with Crippen LogP contribution in [0.4, 0.5) is 0 Å². The Hall–Kier alpha value is -7.22. The number of hydrogen-bond donors (Lipinski definition) is 0. The Morgan fingerprint density at radius 2 is 1.00 bits per heavy atom. The topological polar surface area (TPSA) is 46.5 Å². The Bertz CT molecular complexity index is 2940. The Morgan fingerprint density at radius 3 is 1.65 bits per heavy atom. The van der Waals surface area contributed by atoms with Crippen molar-refractivity contribution in [1.82, 2.24) is 14.1 Å². The lowest BCUT2D eigenvalue weighted by molar-refractivity contribution is 1.17. The van der Waals surface area contributed by atoms with E-state index in [-0.39, 0.29) is 0 Å². The van der Waals surface area contributed by atoms with Gasteiger partial charge in [0.1, 0.15) is 0 Å². The molecule has 0 radical (unpaired) electrons. The summed E-state index contributed by atoms with van der Waals surface area (Å²) in [4.78, 5) is 5.11. The Balaban J connectivity index is 1.28. The summed E-state index contributed by atoms with van der Waals surface area (Å²) in [5.74, 6) is 0. The summed E-state index contributed by atoms with van der Waals surface area (Å²) < 4.78 is 4.75. The first-order valence-electron chi connectivity index (χ1n) is 17.5. The van der Waals surface area contributed by atoms with Gasteiger partial charge in [-0.15, -0.1) is 0 Å². The maximum atomic E-state index is 10.5. The molecule has 0 N–H and O–H groups in total. The summed E-state index contributed by atoms with van der Waals surface area (Å²) in [6.07, 6.45) is 0. The number of benzene rings is 7. The zero-order valence-corrected chi connectivity index (χ0v) is 28.1. The van der Waals surface area contributed by atoms with Gasteiger partial charge in [0, 0.05) is 49.6 Å². The molecule has 0 saturated carbocycles. The number of nitriles is 1. The number of hydrogen-bond acceptors (Lipinski definition) is 2. The molecule has 0 aliphatic carbocycles. The average Bonchev–Trinajstić information content (AvgIpc) is 3.74. The quantitative estimate of drug-likeness (QED) is 0.184. The van der Waals surface area contributed by atoms with E-state index in [4.69, 9.17) is 4.98 Å². The van der Waals surface area contributed by atoms with Crippen molar-refractivity contribution in [3.05, 3.63) is 188 Å². The highest BCUT2D eigenvalue weighted by molar-refractivity contribution is 6.26. The highest BCUT2D eigenvalue weighted by Gasteiger charge is 2.21. The Morgan fingerprint density at radius 1 is 0.423 bits per heavy atom. The first kappa shape index (κ1) is 29.7. The second-order valence-corrected chi connectivity index (χ2v) is 13.1. The summed E-state index contributed by atoms with van der Waals surface area (Å²) >= 11 is 0. The van der Waals surface area contributed by atoms with E-state index in [1.165, 1.54) is 21.5 Å². The van der Waals surface area contributed by atoms with E-state index < -0.39 is 0 Å². The number of rotatable bonds is 5. The standard InChI is InChI=1S/C48H30N4/c49-31-34-24-25-37(30-41(34)35-28-42(32-14-4-1-5-15-32)50-43(29-35)33-16-6-2-7-17-33)52-44-22-12-10-20-38(44)39-26-27-46-47(48(39)52)40-21-11-13-23-45(40)51(46)36-18-8-3-9-19-36/h1-30H. The second-order valence-electron chi connectivity index (χ2n) is 13.1. The second kappa shape index (κ2) is 12.0. The average molecular weight is 663 g/mol. The fraction of sp³-hybridized carbons (Fsp3) is 0. The van der Waals surface area contributed by atoms with Crippen LogP contribution in [-0.2, 0) is 0 Å². The van der Waals surface area contributed by atoms with Crippen molar-refractivity contribution in [3.63, 3.8) is 0 Å². The fourth-order valence-corrected chi connectivity index (χ4v) is 7.84. The molecule has 0 saturated heterocycles. The molecule has 3 aromatic heterocycles. The number of aromatic nitrogens is 3. The minimum absolute atomic E-state index is 0.611. The maximum Gasteiger partial charge on any atom is 0.0998 e. The van der Waals surface area contributed by atoms with Gasteiger partial charge in [0.15, 0.2) is 0 Å². The SMILES string of the molecule is N#Cc1ccc(-n2c3ccccc3c3ccc4c(c5ccccc5n4-c4ccccc4)c32)cc1-c1cc(-c2ccccc2)nc(-c2ccccc2)c1. The molecule has 7 aromatic carbocycles. The lowest BCUT2D eigenvalue weighted by atomic mass is 9.96. The van der Waals surface area contributed by atoms with E-state index in [9.17, 15) is 5.26 Å². The van der Waals surface area contributed by atoms with E-state index in [1.54, 1.807) is 0 Å². The van der Waals surface area contributed by atoms with Crippen LogP contribution in [0.1, 0.15) is 5.56 Å². The molecule has 0 bridgehead atoms.